The Hall–Kier alpha value is -1.09. The molecule has 0 N–H and O–H groups in total. The predicted molar refractivity (Wildman–Crippen MR) is 73.6 cm³/mol. The first-order valence-corrected chi connectivity index (χ1v) is 8.64. The second-order valence-electron chi connectivity index (χ2n) is 5.36. The van der Waals surface area contributed by atoms with Crippen LogP contribution >= 0.6 is 0 Å². The summed E-state index contributed by atoms with van der Waals surface area (Å²) in [6, 6.07) is 2.18. The number of ether oxygens (including phenoxy) is 2. The van der Waals surface area contributed by atoms with Crippen molar-refractivity contribution in [3.05, 3.63) is 29.8 Å². The highest BCUT2D eigenvalue weighted by molar-refractivity contribution is 7.89. The molecule has 0 radical (unpaired) electrons. The van der Waals surface area contributed by atoms with Crippen molar-refractivity contribution < 1.29 is 26.7 Å². The van der Waals surface area contributed by atoms with Gasteiger partial charge in [-0.1, -0.05) is 6.42 Å². The summed E-state index contributed by atoms with van der Waals surface area (Å²) in [5.74, 6) is -2.25. The lowest BCUT2D eigenvalue weighted by molar-refractivity contribution is -0.0913. The van der Waals surface area contributed by atoms with Crippen LogP contribution in [0.1, 0.15) is 19.3 Å². The van der Waals surface area contributed by atoms with Gasteiger partial charge in [0.25, 0.3) is 0 Å². The number of benzene rings is 1. The normalized spacial score (nSPS) is 24.7. The van der Waals surface area contributed by atoms with Gasteiger partial charge in [0.15, 0.2) is 17.9 Å². The van der Waals surface area contributed by atoms with Gasteiger partial charge < -0.3 is 9.47 Å². The van der Waals surface area contributed by atoms with E-state index in [9.17, 15) is 17.2 Å². The molecule has 0 aromatic heterocycles. The van der Waals surface area contributed by atoms with Gasteiger partial charge in [-0.2, -0.15) is 4.31 Å². The Morgan fingerprint density at radius 2 is 1.82 bits per heavy atom. The van der Waals surface area contributed by atoms with Crippen molar-refractivity contribution in [2.45, 2.75) is 36.5 Å². The SMILES string of the molecule is O=S(=O)(c1ccc(F)c(F)c1)N1CCCC[C@@H]1C1OCCO1. The highest BCUT2D eigenvalue weighted by Crippen LogP contribution is 2.30. The summed E-state index contributed by atoms with van der Waals surface area (Å²) in [5.41, 5.74) is 0. The van der Waals surface area contributed by atoms with Crippen LogP contribution in [0.4, 0.5) is 8.78 Å². The summed E-state index contributed by atoms with van der Waals surface area (Å²) in [4.78, 5) is -0.253. The summed E-state index contributed by atoms with van der Waals surface area (Å²) in [5, 5.41) is 0. The molecule has 2 aliphatic rings. The third-order valence-corrected chi connectivity index (χ3v) is 5.88. The standard InChI is InChI=1S/C14H17F2NO4S/c15-11-5-4-10(9-12(11)16)22(18,19)17-6-2-1-3-13(17)14-20-7-8-21-14/h4-5,9,13-14H,1-3,6-8H2/t13-/m1/s1. The fourth-order valence-electron chi connectivity index (χ4n) is 2.87. The minimum Gasteiger partial charge on any atom is -0.349 e. The molecule has 2 fully saturated rings. The van der Waals surface area contributed by atoms with Crippen LogP contribution in [-0.4, -0.2) is 44.8 Å². The zero-order valence-electron chi connectivity index (χ0n) is 11.9. The van der Waals surface area contributed by atoms with Crippen molar-refractivity contribution >= 4 is 10.0 Å². The maximum absolute atomic E-state index is 13.4. The Morgan fingerprint density at radius 3 is 2.50 bits per heavy atom. The molecule has 0 unspecified atom stereocenters. The molecule has 1 atom stereocenters. The molecule has 122 valence electrons. The van der Waals surface area contributed by atoms with Gasteiger partial charge in [0.05, 0.1) is 24.2 Å². The molecule has 0 aliphatic carbocycles. The third kappa shape index (κ3) is 2.88. The van der Waals surface area contributed by atoms with E-state index in [4.69, 9.17) is 9.47 Å². The molecule has 0 spiro atoms. The fourth-order valence-corrected chi connectivity index (χ4v) is 4.57. The third-order valence-electron chi connectivity index (χ3n) is 3.96. The molecule has 22 heavy (non-hydrogen) atoms. The van der Waals surface area contributed by atoms with Crippen LogP contribution in [-0.2, 0) is 19.5 Å². The number of piperidine rings is 1. The van der Waals surface area contributed by atoms with Crippen molar-refractivity contribution in [3.63, 3.8) is 0 Å². The molecular formula is C14H17F2NO4S. The second kappa shape index (κ2) is 6.19. The van der Waals surface area contributed by atoms with E-state index in [0.29, 0.717) is 38.7 Å². The maximum atomic E-state index is 13.4. The molecule has 1 aromatic rings. The van der Waals surface area contributed by atoms with Gasteiger partial charge in [-0.25, -0.2) is 17.2 Å². The lowest BCUT2D eigenvalue weighted by Crippen LogP contribution is -2.50. The quantitative estimate of drug-likeness (QED) is 0.847. The van der Waals surface area contributed by atoms with Gasteiger partial charge >= 0.3 is 0 Å². The number of halogens is 2. The van der Waals surface area contributed by atoms with Gasteiger partial charge in [-0.05, 0) is 31.0 Å². The Bertz CT molecular complexity index is 646. The zero-order valence-corrected chi connectivity index (χ0v) is 12.7. The minimum absolute atomic E-state index is 0.253. The van der Waals surface area contributed by atoms with E-state index in [2.05, 4.69) is 0 Å². The van der Waals surface area contributed by atoms with E-state index in [-0.39, 0.29) is 4.90 Å². The number of hydrogen-bond acceptors (Lipinski definition) is 4. The molecule has 2 aliphatic heterocycles. The van der Waals surface area contributed by atoms with Gasteiger partial charge in [0.2, 0.25) is 10.0 Å². The van der Waals surface area contributed by atoms with Gasteiger partial charge in [-0.3, -0.25) is 0 Å². The molecule has 8 heteroatoms. The molecule has 1 aromatic carbocycles. The molecule has 0 bridgehead atoms. The summed E-state index contributed by atoms with van der Waals surface area (Å²) in [6.07, 6.45) is 1.61. The van der Waals surface area contributed by atoms with Crippen LogP contribution in [0.2, 0.25) is 0 Å². The van der Waals surface area contributed by atoms with Gasteiger partial charge in [0, 0.05) is 6.54 Å². The van der Waals surface area contributed by atoms with Crippen LogP contribution in [0.5, 0.6) is 0 Å². The summed E-state index contributed by atoms with van der Waals surface area (Å²) < 4.78 is 64.0. The molecule has 3 rings (SSSR count). The largest absolute Gasteiger partial charge is 0.349 e. The highest BCUT2D eigenvalue weighted by Gasteiger charge is 2.40. The Balaban J connectivity index is 1.92. The highest BCUT2D eigenvalue weighted by atomic mass is 32.2. The van der Waals surface area contributed by atoms with Crippen molar-refractivity contribution in [3.8, 4) is 0 Å². The molecule has 0 amide bonds. The number of rotatable bonds is 3. The lowest BCUT2D eigenvalue weighted by atomic mass is 10.0. The number of nitrogens with zero attached hydrogens (tertiary/aromatic N) is 1. The summed E-state index contributed by atoms with van der Waals surface area (Å²) in [7, 11) is -3.92. The Labute approximate surface area is 127 Å². The molecular weight excluding hydrogens is 316 g/mol. The van der Waals surface area contributed by atoms with Gasteiger partial charge in [-0.15, -0.1) is 0 Å². The summed E-state index contributed by atoms with van der Waals surface area (Å²) in [6.45, 7) is 1.18. The molecule has 2 saturated heterocycles. The van der Waals surface area contributed by atoms with E-state index in [0.717, 1.165) is 18.6 Å². The number of sulfonamides is 1. The van der Waals surface area contributed by atoms with E-state index < -0.39 is 34.0 Å². The first kappa shape index (κ1) is 15.8. The van der Waals surface area contributed by atoms with Crippen LogP contribution in [0.25, 0.3) is 0 Å². The van der Waals surface area contributed by atoms with Crippen molar-refractivity contribution in [2.24, 2.45) is 0 Å². The van der Waals surface area contributed by atoms with E-state index >= 15 is 0 Å². The van der Waals surface area contributed by atoms with Crippen LogP contribution in [0.15, 0.2) is 23.1 Å². The van der Waals surface area contributed by atoms with Crippen molar-refractivity contribution in [1.82, 2.24) is 4.31 Å². The van der Waals surface area contributed by atoms with E-state index in [1.54, 1.807) is 0 Å². The van der Waals surface area contributed by atoms with Crippen LogP contribution < -0.4 is 0 Å². The molecule has 5 nitrogen and oxygen atoms in total. The van der Waals surface area contributed by atoms with Crippen molar-refractivity contribution in [2.75, 3.05) is 19.8 Å². The van der Waals surface area contributed by atoms with Crippen LogP contribution in [0.3, 0.4) is 0 Å². The Kier molecular flexibility index (Phi) is 4.44. The number of hydrogen-bond donors (Lipinski definition) is 0. The summed E-state index contributed by atoms with van der Waals surface area (Å²) >= 11 is 0. The first-order chi connectivity index (χ1) is 10.5. The fraction of sp³-hybridized carbons (Fsp3) is 0.571. The molecule has 2 heterocycles. The monoisotopic (exact) mass is 333 g/mol. The van der Waals surface area contributed by atoms with Crippen molar-refractivity contribution in [1.29, 1.82) is 0 Å². The first-order valence-electron chi connectivity index (χ1n) is 7.20. The van der Waals surface area contributed by atoms with Crippen LogP contribution in [0, 0.1) is 11.6 Å². The Morgan fingerprint density at radius 1 is 1.09 bits per heavy atom. The predicted octanol–water partition coefficient (Wildman–Crippen LogP) is 1.88. The maximum Gasteiger partial charge on any atom is 0.243 e. The topological polar surface area (TPSA) is 55.8 Å². The molecule has 0 saturated carbocycles. The van der Waals surface area contributed by atoms with Gasteiger partial charge in [0.1, 0.15) is 0 Å². The lowest BCUT2D eigenvalue weighted by Gasteiger charge is -2.36. The van der Waals surface area contributed by atoms with E-state index in [1.165, 1.54) is 4.31 Å². The minimum atomic E-state index is -3.92. The second-order valence-corrected chi connectivity index (χ2v) is 7.26. The average molecular weight is 333 g/mol. The smallest absolute Gasteiger partial charge is 0.243 e. The average Bonchev–Trinajstić information content (AvgIpc) is 3.04. The van der Waals surface area contributed by atoms with E-state index in [1.807, 2.05) is 0 Å². The zero-order chi connectivity index (χ0) is 15.7.